The molecule has 2 saturated heterocycles. The van der Waals surface area contributed by atoms with E-state index in [-0.39, 0.29) is 18.6 Å². The maximum Gasteiger partial charge on any atom is 0.248 e. The molecule has 2 fully saturated rings. The Balaban J connectivity index is 0.000000956. The molecule has 2 rings (SSSR count). The third-order valence-electron chi connectivity index (χ3n) is 4.27. The first-order valence-electron chi connectivity index (χ1n) is 8.39. The van der Waals surface area contributed by atoms with Crippen molar-refractivity contribution in [1.82, 2.24) is 10.2 Å². The fourth-order valence-corrected chi connectivity index (χ4v) is 2.83. The number of ether oxygens (including phenoxy) is 1. The zero-order valence-corrected chi connectivity index (χ0v) is 13.5. The van der Waals surface area contributed by atoms with Crippen molar-refractivity contribution < 1.29 is 9.53 Å². The van der Waals surface area contributed by atoms with Crippen molar-refractivity contribution in [3.8, 4) is 0 Å². The minimum atomic E-state index is 0.183. The molecule has 0 aliphatic carbocycles. The van der Waals surface area contributed by atoms with E-state index in [0.29, 0.717) is 0 Å². The number of likely N-dealkylation sites (tertiary alicyclic amines) is 1. The number of carbonyl (C=O) groups is 1. The highest BCUT2D eigenvalue weighted by atomic mass is 16.5. The first-order chi connectivity index (χ1) is 9.79. The highest BCUT2D eigenvalue weighted by Crippen LogP contribution is 2.20. The number of carbonyl (C=O) groups excluding carboxylic acids is 1. The van der Waals surface area contributed by atoms with Gasteiger partial charge in [-0.25, -0.2) is 0 Å². The summed E-state index contributed by atoms with van der Waals surface area (Å²) in [6, 6.07) is 0. The summed E-state index contributed by atoms with van der Waals surface area (Å²) >= 11 is 0. The van der Waals surface area contributed by atoms with Crippen molar-refractivity contribution in [3.63, 3.8) is 0 Å². The summed E-state index contributed by atoms with van der Waals surface area (Å²) in [4.78, 5) is 14.0. The molecule has 0 spiro atoms. The van der Waals surface area contributed by atoms with Crippen molar-refractivity contribution >= 4 is 5.91 Å². The summed E-state index contributed by atoms with van der Waals surface area (Å²) in [6.07, 6.45) is 5.91. The molecule has 2 aliphatic heterocycles. The van der Waals surface area contributed by atoms with Crippen LogP contribution in [-0.2, 0) is 9.53 Å². The van der Waals surface area contributed by atoms with E-state index in [9.17, 15) is 4.79 Å². The minimum absolute atomic E-state index is 0.183. The summed E-state index contributed by atoms with van der Waals surface area (Å²) in [6.45, 7) is 10.4. The lowest BCUT2D eigenvalue weighted by molar-refractivity contribution is -0.140. The lowest BCUT2D eigenvalue weighted by atomic mass is 9.94. The van der Waals surface area contributed by atoms with Gasteiger partial charge in [0.15, 0.2) is 0 Å². The second kappa shape index (κ2) is 10.2. The zero-order valence-electron chi connectivity index (χ0n) is 13.5. The van der Waals surface area contributed by atoms with Crippen LogP contribution in [0.2, 0.25) is 0 Å². The van der Waals surface area contributed by atoms with Gasteiger partial charge in [-0.3, -0.25) is 4.79 Å². The minimum Gasteiger partial charge on any atom is -0.368 e. The molecule has 2 aliphatic rings. The van der Waals surface area contributed by atoms with Gasteiger partial charge in [-0.2, -0.15) is 0 Å². The summed E-state index contributed by atoms with van der Waals surface area (Å²) in [5.41, 5.74) is 0. The van der Waals surface area contributed by atoms with Crippen LogP contribution in [0.1, 0.15) is 52.9 Å². The number of hydrogen-bond donors (Lipinski definition) is 1. The first-order valence-corrected chi connectivity index (χ1v) is 8.39. The van der Waals surface area contributed by atoms with Crippen molar-refractivity contribution in [2.24, 2.45) is 5.92 Å². The number of rotatable bonds is 4. The number of hydrogen-bond acceptors (Lipinski definition) is 3. The van der Waals surface area contributed by atoms with Crippen LogP contribution in [0.4, 0.5) is 0 Å². The summed E-state index contributed by atoms with van der Waals surface area (Å²) in [5.74, 6) is 1.00. The lowest BCUT2D eigenvalue weighted by Crippen LogP contribution is -2.41. The van der Waals surface area contributed by atoms with E-state index < -0.39 is 0 Å². The second-order valence-corrected chi connectivity index (χ2v) is 5.49. The van der Waals surface area contributed by atoms with Gasteiger partial charge in [-0.1, -0.05) is 27.2 Å². The topological polar surface area (TPSA) is 41.6 Å². The monoisotopic (exact) mass is 284 g/mol. The molecule has 0 aromatic rings. The normalized spacial score (nSPS) is 21.2. The van der Waals surface area contributed by atoms with Crippen LogP contribution in [0.5, 0.6) is 0 Å². The summed E-state index contributed by atoms with van der Waals surface area (Å²) in [7, 11) is 0. The Hall–Kier alpha value is -0.610. The van der Waals surface area contributed by atoms with E-state index in [1.807, 2.05) is 18.7 Å². The van der Waals surface area contributed by atoms with Crippen molar-refractivity contribution in [3.05, 3.63) is 0 Å². The maximum absolute atomic E-state index is 12.0. The average Bonchev–Trinajstić information content (AvgIpc) is 2.55. The first kappa shape index (κ1) is 17.4. The van der Waals surface area contributed by atoms with Gasteiger partial charge < -0.3 is 15.0 Å². The smallest absolute Gasteiger partial charge is 0.248 e. The molecule has 0 radical (unpaired) electrons. The Morgan fingerprint density at radius 2 is 1.75 bits per heavy atom. The van der Waals surface area contributed by atoms with Crippen LogP contribution in [0.25, 0.3) is 0 Å². The largest absolute Gasteiger partial charge is 0.368 e. The molecule has 118 valence electrons. The second-order valence-electron chi connectivity index (χ2n) is 5.49. The third-order valence-corrected chi connectivity index (χ3v) is 4.27. The molecule has 4 heteroatoms. The van der Waals surface area contributed by atoms with Crippen LogP contribution >= 0.6 is 0 Å². The van der Waals surface area contributed by atoms with E-state index in [4.69, 9.17) is 4.74 Å². The molecule has 0 atom stereocenters. The number of piperidine rings is 2. The molecule has 1 N–H and O–H groups in total. The van der Waals surface area contributed by atoms with Crippen molar-refractivity contribution in [2.45, 2.75) is 59.0 Å². The van der Waals surface area contributed by atoms with Crippen molar-refractivity contribution in [1.29, 1.82) is 0 Å². The van der Waals surface area contributed by atoms with Gasteiger partial charge in [0.2, 0.25) is 5.91 Å². The Kier molecular flexibility index (Phi) is 8.86. The molecule has 0 aromatic heterocycles. The Bertz CT molecular complexity index is 257. The molecule has 0 unspecified atom stereocenters. The van der Waals surface area contributed by atoms with Gasteiger partial charge in [0, 0.05) is 13.1 Å². The molecule has 0 saturated carbocycles. The highest BCUT2D eigenvalue weighted by molar-refractivity contribution is 5.77. The third kappa shape index (κ3) is 5.80. The van der Waals surface area contributed by atoms with Crippen LogP contribution in [0, 0.1) is 5.92 Å². The predicted molar refractivity (Wildman–Crippen MR) is 82.8 cm³/mol. The van der Waals surface area contributed by atoms with Gasteiger partial charge in [-0.15, -0.1) is 0 Å². The van der Waals surface area contributed by atoms with Crippen LogP contribution in [0.15, 0.2) is 0 Å². The Morgan fingerprint density at radius 1 is 1.15 bits per heavy atom. The van der Waals surface area contributed by atoms with Gasteiger partial charge in [-0.05, 0) is 44.7 Å². The van der Waals surface area contributed by atoms with Gasteiger partial charge in [0.1, 0.15) is 6.61 Å². The summed E-state index contributed by atoms with van der Waals surface area (Å²) < 4.78 is 5.72. The van der Waals surface area contributed by atoms with Gasteiger partial charge in [0.25, 0.3) is 0 Å². The predicted octanol–water partition coefficient (Wildman–Crippen LogP) is 2.43. The standard InChI is InChI=1S/C14H26N2O2.C2H6/c1-2-12-5-9-16(10-6-12)14(17)11-18-13-3-7-15-8-4-13;1-2/h12-13,15H,2-11H2,1H3;1-2H3. The van der Waals surface area contributed by atoms with Crippen molar-refractivity contribution in [2.75, 3.05) is 32.8 Å². The molecule has 2 heterocycles. The molecular formula is C16H32N2O2. The number of nitrogens with one attached hydrogen (secondary N) is 1. The number of nitrogens with zero attached hydrogens (tertiary/aromatic N) is 1. The Morgan fingerprint density at radius 3 is 2.30 bits per heavy atom. The molecule has 0 aromatic carbocycles. The average molecular weight is 284 g/mol. The van der Waals surface area contributed by atoms with Gasteiger partial charge >= 0.3 is 0 Å². The fourth-order valence-electron chi connectivity index (χ4n) is 2.83. The zero-order chi connectivity index (χ0) is 14.8. The molecule has 1 amide bonds. The molecule has 4 nitrogen and oxygen atoms in total. The van der Waals surface area contributed by atoms with E-state index in [1.165, 1.54) is 6.42 Å². The summed E-state index contributed by atoms with van der Waals surface area (Å²) in [5, 5.41) is 3.30. The Labute approximate surface area is 124 Å². The van der Waals surface area contributed by atoms with Crippen LogP contribution in [-0.4, -0.2) is 49.7 Å². The quantitative estimate of drug-likeness (QED) is 0.862. The highest BCUT2D eigenvalue weighted by Gasteiger charge is 2.23. The molecule has 20 heavy (non-hydrogen) atoms. The van der Waals surface area contributed by atoms with Gasteiger partial charge in [0.05, 0.1) is 6.10 Å². The maximum atomic E-state index is 12.0. The lowest BCUT2D eigenvalue weighted by Gasteiger charge is -2.32. The SMILES string of the molecule is CC.CCC1CCN(C(=O)COC2CCNCC2)CC1. The van der Waals surface area contributed by atoms with E-state index in [0.717, 1.165) is 57.8 Å². The van der Waals surface area contributed by atoms with E-state index in [1.54, 1.807) is 0 Å². The number of amides is 1. The van der Waals surface area contributed by atoms with E-state index >= 15 is 0 Å². The molecule has 0 bridgehead atoms. The molecular weight excluding hydrogens is 252 g/mol. The van der Waals surface area contributed by atoms with E-state index in [2.05, 4.69) is 12.2 Å². The van der Waals surface area contributed by atoms with Crippen LogP contribution < -0.4 is 5.32 Å². The van der Waals surface area contributed by atoms with Crippen LogP contribution in [0.3, 0.4) is 0 Å². The fraction of sp³-hybridized carbons (Fsp3) is 0.938.